The van der Waals surface area contributed by atoms with Crippen molar-refractivity contribution in [2.75, 3.05) is 0 Å². The summed E-state index contributed by atoms with van der Waals surface area (Å²) < 4.78 is 58.5. The zero-order valence-electron chi connectivity index (χ0n) is 10.9. The van der Waals surface area contributed by atoms with Crippen LogP contribution in [0.15, 0.2) is 30.3 Å². The van der Waals surface area contributed by atoms with E-state index in [0.717, 1.165) is 4.72 Å². The van der Waals surface area contributed by atoms with Crippen LogP contribution >= 0.6 is 12.4 Å². The third kappa shape index (κ3) is 5.44. The van der Waals surface area contributed by atoms with Gasteiger partial charge in [0, 0.05) is 6.04 Å². The van der Waals surface area contributed by atoms with Gasteiger partial charge in [0.15, 0.2) is 0 Å². The molecule has 1 aromatic rings. The van der Waals surface area contributed by atoms with Gasteiger partial charge in [-0.25, -0.2) is 4.72 Å². The Kier molecular flexibility index (Phi) is 7.29. The summed E-state index contributed by atoms with van der Waals surface area (Å²) in [7, 11) is -5.86. The van der Waals surface area contributed by atoms with Crippen LogP contribution in [-0.2, 0) is 21.2 Å². The van der Waals surface area contributed by atoms with Gasteiger partial charge < -0.3 is 10.8 Å². The van der Waals surface area contributed by atoms with Gasteiger partial charge in [-0.1, -0.05) is 30.3 Å². The molecular formula is C11H14ClF3N2O4S. The average molecular weight is 363 g/mol. The Bertz CT molecular complexity index is 595. The monoisotopic (exact) mass is 362 g/mol. The first-order valence-corrected chi connectivity index (χ1v) is 7.13. The fourth-order valence-corrected chi connectivity index (χ4v) is 1.94. The predicted molar refractivity (Wildman–Crippen MR) is 74.5 cm³/mol. The van der Waals surface area contributed by atoms with Gasteiger partial charge in [-0.3, -0.25) is 4.79 Å². The van der Waals surface area contributed by atoms with Crippen molar-refractivity contribution < 1.29 is 31.5 Å². The lowest BCUT2D eigenvalue weighted by molar-refractivity contribution is -0.129. The molecule has 0 heterocycles. The van der Waals surface area contributed by atoms with Gasteiger partial charge in [-0.05, 0) is 12.0 Å². The molecule has 0 bridgehead atoms. The van der Waals surface area contributed by atoms with E-state index in [0.29, 0.717) is 5.56 Å². The maximum atomic E-state index is 12.1. The highest BCUT2D eigenvalue weighted by Crippen LogP contribution is 2.21. The molecule has 0 aliphatic rings. The summed E-state index contributed by atoms with van der Waals surface area (Å²) in [6.07, 6.45) is -2.11. The van der Waals surface area contributed by atoms with E-state index in [4.69, 9.17) is 5.73 Å². The minimum Gasteiger partial charge on any atom is -0.382 e. The van der Waals surface area contributed by atoms with Crippen molar-refractivity contribution in [3.05, 3.63) is 35.9 Å². The average Bonchev–Trinajstić information content (AvgIpc) is 2.37. The lowest BCUT2D eigenvalue weighted by Crippen LogP contribution is -2.51. The van der Waals surface area contributed by atoms with E-state index < -0.39 is 33.6 Å². The minimum absolute atomic E-state index is 0. The van der Waals surface area contributed by atoms with Crippen molar-refractivity contribution in [3.8, 4) is 0 Å². The van der Waals surface area contributed by atoms with Crippen LogP contribution in [0.5, 0.6) is 0 Å². The number of sulfonamides is 1. The van der Waals surface area contributed by atoms with E-state index in [2.05, 4.69) is 0 Å². The molecule has 0 radical (unpaired) electrons. The van der Waals surface area contributed by atoms with Crippen molar-refractivity contribution in [2.45, 2.75) is 24.1 Å². The van der Waals surface area contributed by atoms with E-state index in [1.165, 1.54) is 0 Å². The van der Waals surface area contributed by atoms with Gasteiger partial charge in [0.25, 0.3) is 5.91 Å². The summed E-state index contributed by atoms with van der Waals surface area (Å²) in [6.45, 7) is 0. The summed E-state index contributed by atoms with van der Waals surface area (Å²) in [5, 5.41) is 9.51. The SMILES string of the molecule is Cl.N[C@@H](Cc1ccccc1)[C@H](O)C(=O)NS(=O)(=O)C(F)(F)F. The fourth-order valence-electron chi connectivity index (χ4n) is 1.44. The number of nitrogens with one attached hydrogen (secondary N) is 1. The maximum Gasteiger partial charge on any atom is 0.516 e. The van der Waals surface area contributed by atoms with Crippen LogP contribution < -0.4 is 10.5 Å². The molecule has 126 valence electrons. The van der Waals surface area contributed by atoms with E-state index in [-0.39, 0.29) is 18.8 Å². The highest BCUT2D eigenvalue weighted by atomic mass is 35.5. The van der Waals surface area contributed by atoms with Crippen LogP contribution in [0.2, 0.25) is 0 Å². The second kappa shape index (κ2) is 7.77. The summed E-state index contributed by atoms with van der Waals surface area (Å²) in [6, 6.07) is 7.07. The molecular weight excluding hydrogens is 349 g/mol. The number of carbonyl (C=O) groups excluding carboxylic acids is 1. The van der Waals surface area contributed by atoms with E-state index >= 15 is 0 Å². The Labute approximate surface area is 131 Å². The second-order valence-electron chi connectivity index (χ2n) is 4.21. The van der Waals surface area contributed by atoms with Gasteiger partial charge >= 0.3 is 15.5 Å². The van der Waals surface area contributed by atoms with Gasteiger partial charge in [0.05, 0.1) is 0 Å². The molecule has 6 nitrogen and oxygen atoms in total. The number of benzene rings is 1. The molecule has 11 heteroatoms. The van der Waals surface area contributed by atoms with E-state index in [1.54, 1.807) is 30.3 Å². The normalized spacial score (nSPS) is 14.6. The van der Waals surface area contributed by atoms with Crippen molar-refractivity contribution in [2.24, 2.45) is 5.73 Å². The number of rotatable bonds is 5. The molecule has 0 saturated heterocycles. The van der Waals surface area contributed by atoms with E-state index in [9.17, 15) is 31.5 Å². The molecule has 22 heavy (non-hydrogen) atoms. The van der Waals surface area contributed by atoms with Gasteiger partial charge in [-0.15, -0.1) is 12.4 Å². The smallest absolute Gasteiger partial charge is 0.382 e. The van der Waals surface area contributed by atoms with Crippen LogP contribution in [0, 0.1) is 0 Å². The second-order valence-corrected chi connectivity index (χ2v) is 5.89. The molecule has 4 N–H and O–H groups in total. The number of hydrogen-bond acceptors (Lipinski definition) is 5. The van der Waals surface area contributed by atoms with Gasteiger partial charge in [0.2, 0.25) is 0 Å². The highest BCUT2D eigenvalue weighted by molar-refractivity contribution is 7.90. The Morgan fingerprint density at radius 2 is 1.77 bits per heavy atom. The first-order chi connectivity index (χ1) is 9.54. The molecule has 1 rings (SSSR count). The molecule has 0 aliphatic carbocycles. The number of aliphatic hydroxyl groups excluding tert-OH is 1. The maximum absolute atomic E-state index is 12.1. The molecule has 0 unspecified atom stereocenters. The van der Waals surface area contributed by atoms with Crippen molar-refractivity contribution in [3.63, 3.8) is 0 Å². The first kappa shape index (κ1) is 20.6. The van der Waals surface area contributed by atoms with Crippen molar-refractivity contribution in [1.82, 2.24) is 4.72 Å². The molecule has 0 aliphatic heterocycles. The lowest BCUT2D eigenvalue weighted by Gasteiger charge is -2.18. The quantitative estimate of drug-likeness (QED) is 0.698. The topological polar surface area (TPSA) is 109 Å². The first-order valence-electron chi connectivity index (χ1n) is 5.65. The standard InChI is InChI=1S/C11H13F3N2O4S.ClH/c12-11(13,14)21(19,20)16-10(18)9(17)8(15)6-7-4-2-1-3-5-7;/h1-5,8-9,17H,6,15H2,(H,16,18);1H/t8-,9-;/m0./s1. The van der Waals surface area contributed by atoms with Gasteiger partial charge in [-0.2, -0.15) is 21.6 Å². The minimum atomic E-state index is -5.86. The van der Waals surface area contributed by atoms with Gasteiger partial charge in [0.1, 0.15) is 6.10 Å². The fraction of sp³-hybridized carbons (Fsp3) is 0.364. The van der Waals surface area contributed by atoms with Crippen molar-refractivity contribution in [1.29, 1.82) is 0 Å². The lowest BCUT2D eigenvalue weighted by atomic mass is 10.0. The Hall–Kier alpha value is -1.36. The largest absolute Gasteiger partial charge is 0.516 e. The van der Waals surface area contributed by atoms with Crippen LogP contribution in [0.25, 0.3) is 0 Å². The molecule has 0 aromatic heterocycles. The molecule has 2 atom stereocenters. The number of aliphatic hydroxyl groups is 1. The number of halogens is 4. The van der Waals surface area contributed by atoms with Crippen LogP contribution in [0.1, 0.15) is 5.56 Å². The summed E-state index contributed by atoms with van der Waals surface area (Å²) in [4.78, 5) is 11.3. The van der Waals surface area contributed by atoms with Crippen LogP contribution in [0.4, 0.5) is 13.2 Å². The van der Waals surface area contributed by atoms with Crippen LogP contribution in [0.3, 0.4) is 0 Å². The Morgan fingerprint density at radius 3 is 2.23 bits per heavy atom. The Balaban J connectivity index is 0.00000441. The zero-order valence-corrected chi connectivity index (χ0v) is 12.6. The number of amides is 1. The number of nitrogens with two attached hydrogens (primary N) is 1. The number of hydrogen-bond donors (Lipinski definition) is 3. The summed E-state index contributed by atoms with van der Waals surface area (Å²) >= 11 is 0. The zero-order chi connectivity index (χ0) is 16.3. The van der Waals surface area contributed by atoms with Crippen LogP contribution in [-0.4, -0.2) is 37.1 Å². The highest BCUT2D eigenvalue weighted by Gasteiger charge is 2.47. The molecule has 0 spiro atoms. The molecule has 0 fully saturated rings. The molecule has 0 saturated carbocycles. The molecule has 1 aromatic carbocycles. The number of alkyl halides is 3. The predicted octanol–water partition coefficient (Wildman–Crippen LogP) is 0.305. The Morgan fingerprint density at radius 1 is 1.27 bits per heavy atom. The molecule has 1 amide bonds. The van der Waals surface area contributed by atoms with Crippen molar-refractivity contribution >= 4 is 28.3 Å². The number of carbonyl (C=O) groups is 1. The third-order valence-corrected chi connectivity index (χ3v) is 3.61. The summed E-state index contributed by atoms with van der Waals surface area (Å²) in [5.41, 5.74) is 0.479. The summed E-state index contributed by atoms with van der Waals surface area (Å²) in [5.74, 6) is -1.73. The third-order valence-electron chi connectivity index (χ3n) is 2.53. The van der Waals surface area contributed by atoms with E-state index in [1.807, 2.05) is 0 Å².